The molecule has 70 valence electrons. The highest BCUT2D eigenvalue weighted by molar-refractivity contribution is 6.31. The number of oxime groups is 1. The summed E-state index contributed by atoms with van der Waals surface area (Å²) in [6.45, 7) is 0. The second-order valence-electron chi connectivity index (χ2n) is 2.81. The van der Waals surface area contributed by atoms with Crippen molar-refractivity contribution in [3.63, 3.8) is 0 Å². The van der Waals surface area contributed by atoms with Crippen LogP contribution in [-0.4, -0.2) is 16.4 Å². The standard InChI is InChI=1S/C10H7ClN2O/c11-9-4-7-2-1-3-12-10(7)8(5-9)6-13-14/h1-6,14H/b13-6+. The number of rotatable bonds is 1. The van der Waals surface area contributed by atoms with Crippen molar-refractivity contribution in [2.24, 2.45) is 5.16 Å². The summed E-state index contributed by atoms with van der Waals surface area (Å²) in [5.74, 6) is 0. The van der Waals surface area contributed by atoms with Crippen molar-refractivity contribution in [2.75, 3.05) is 0 Å². The molecule has 0 radical (unpaired) electrons. The molecule has 0 aliphatic rings. The molecule has 0 spiro atoms. The first kappa shape index (κ1) is 8.97. The Balaban J connectivity index is 2.79. The monoisotopic (exact) mass is 206 g/mol. The molecule has 0 saturated heterocycles. The summed E-state index contributed by atoms with van der Waals surface area (Å²) in [5, 5.41) is 13.0. The molecule has 4 heteroatoms. The number of hydrogen-bond donors (Lipinski definition) is 1. The number of hydrogen-bond acceptors (Lipinski definition) is 3. The quantitative estimate of drug-likeness (QED) is 0.443. The van der Waals surface area contributed by atoms with Crippen LogP contribution in [0.15, 0.2) is 35.6 Å². The van der Waals surface area contributed by atoms with E-state index in [1.807, 2.05) is 18.2 Å². The Morgan fingerprint density at radius 3 is 3.07 bits per heavy atom. The third-order valence-corrected chi connectivity index (χ3v) is 2.11. The number of halogens is 1. The summed E-state index contributed by atoms with van der Waals surface area (Å²) in [4.78, 5) is 4.18. The average Bonchev–Trinajstić information content (AvgIpc) is 2.18. The molecular formula is C10H7ClN2O. The molecule has 0 amide bonds. The van der Waals surface area contributed by atoms with Crippen molar-refractivity contribution in [3.8, 4) is 0 Å². The highest BCUT2D eigenvalue weighted by Crippen LogP contribution is 2.20. The normalized spacial score (nSPS) is 11.2. The number of aromatic nitrogens is 1. The molecule has 1 heterocycles. The molecule has 0 fully saturated rings. The first-order valence-electron chi connectivity index (χ1n) is 4.03. The van der Waals surface area contributed by atoms with Gasteiger partial charge in [-0.25, -0.2) is 0 Å². The van der Waals surface area contributed by atoms with Crippen molar-refractivity contribution in [2.45, 2.75) is 0 Å². The van der Waals surface area contributed by atoms with E-state index in [9.17, 15) is 0 Å². The molecule has 1 aromatic carbocycles. The lowest BCUT2D eigenvalue weighted by atomic mass is 10.1. The van der Waals surface area contributed by atoms with E-state index in [0.717, 1.165) is 10.9 Å². The number of pyridine rings is 1. The molecule has 0 atom stereocenters. The predicted molar refractivity (Wildman–Crippen MR) is 56.1 cm³/mol. The summed E-state index contributed by atoms with van der Waals surface area (Å²) < 4.78 is 0. The van der Waals surface area contributed by atoms with Gasteiger partial charge in [0.15, 0.2) is 0 Å². The van der Waals surface area contributed by atoms with E-state index in [4.69, 9.17) is 16.8 Å². The van der Waals surface area contributed by atoms with Crippen molar-refractivity contribution in [1.29, 1.82) is 0 Å². The van der Waals surface area contributed by atoms with E-state index in [-0.39, 0.29) is 0 Å². The van der Waals surface area contributed by atoms with E-state index in [0.29, 0.717) is 10.6 Å². The van der Waals surface area contributed by atoms with Gasteiger partial charge < -0.3 is 5.21 Å². The van der Waals surface area contributed by atoms with E-state index in [1.54, 1.807) is 12.3 Å². The molecule has 1 aromatic heterocycles. The summed E-state index contributed by atoms with van der Waals surface area (Å²) in [6, 6.07) is 7.26. The van der Waals surface area contributed by atoms with Crippen LogP contribution >= 0.6 is 11.6 Å². The molecule has 2 aromatic rings. The minimum atomic E-state index is 0.598. The van der Waals surface area contributed by atoms with Crippen LogP contribution in [0.1, 0.15) is 5.56 Å². The number of fused-ring (bicyclic) bond motifs is 1. The van der Waals surface area contributed by atoms with Crippen LogP contribution in [0.4, 0.5) is 0 Å². The van der Waals surface area contributed by atoms with Gasteiger partial charge >= 0.3 is 0 Å². The molecule has 14 heavy (non-hydrogen) atoms. The summed E-state index contributed by atoms with van der Waals surface area (Å²) >= 11 is 5.89. The topological polar surface area (TPSA) is 45.5 Å². The zero-order valence-electron chi connectivity index (χ0n) is 7.18. The Morgan fingerprint density at radius 2 is 2.29 bits per heavy atom. The maximum Gasteiger partial charge on any atom is 0.0792 e. The Hall–Kier alpha value is -1.61. The minimum absolute atomic E-state index is 0.598. The molecule has 0 saturated carbocycles. The zero-order chi connectivity index (χ0) is 9.97. The third kappa shape index (κ3) is 1.54. The maximum absolute atomic E-state index is 8.47. The largest absolute Gasteiger partial charge is 0.411 e. The summed E-state index contributed by atoms with van der Waals surface area (Å²) in [7, 11) is 0. The van der Waals surface area contributed by atoms with Crippen LogP contribution in [-0.2, 0) is 0 Å². The van der Waals surface area contributed by atoms with E-state index in [1.165, 1.54) is 6.21 Å². The minimum Gasteiger partial charge on any atom is -0.411 e. The molecule has 0 unspecified atom stereocenters. The Morgan fingerprint density at radius 1 is 1.43 bits per heavy atom. The van der Waals surface area contributed by atoms with Gasteiger partial charge in [0.2, 0.25) is 0 Å². The lowest BCUT2D eigenvalue weighted by molar-refractivity contribution is 0.322. The lowest BCUT2D eigenvalue weighted by Gasteiger charge is -2.00. The summed E-state index contributed by atoms with van der Waals surface area (Å²) in [5.41, 5.74) is 1.48. The Kier molecular flexibility index (Phi) is 2.33. The maximum atomic E-state index is 8.47. The van der Waals surface area contributed by atoms with Crippen LogP contribution < -0.4 is 0 Å². The van der Waals surface area contributed by atoms with Gasteiger partial charge in [0, 0.05) is 22.2 Å². The predicted octanol–water partition coefficient (Wildman–Crippen LogP) is 2.70. The molecule has 0 aliphatic heterocycles. The fourth-order valence-corrected chi connectivity index (χ4v) is 1.58. The number of benzene rings is 1. The SMILES string of the molecule is O/N=C/c1cc(Cl)cc2cccnc12. The lowest BCUT2D eigenvalue weighted by Crippen LogP contribution is -1.87. The van der Waals surface area contributed by atoms with E-state index >= 15 is 0 Å². The first-order chi connectivity index (χ1) is 6.81. The fraction of sp³-hybridized carbons (Fsp3) is 0. The summed E-state index contributed by atoms with van der Waals surface area (Å²) in [6.07, 6.45) is 3.01. The molecule has 0 bridgehead atoms. The Bertz CT molecular complexity index is 496. The van der Waals surface area contributed by atoms with E-state index in [2.05, 4.69) is 10.1 Å². The number of nitrogens with zero attached hydrogens (tertiary/aromatic N) is 2. The van der Waals surface area contributed by atoms with Crippen molar-refractivity contribution in [1.82, 2.24) is 4.98 Å². The first-order valence-corrected chi connectivity index (χ1v) is 4.41. The van der Waals surface area contributed by atoms with Crippen molar-refractivity contribution >= 4 is 28.7 Å². The highest BCUT2D eigenvalue weighted by atomic mass is 35.5. The van der Waals surface area contributed by atoms with Crippen LogP contribution in [0, 0.1) is 0 Å². The third-order valence-electron chi connectivity index (χ3n) is 1.90. The second-order valence-corrected chi connectivity index (χ2v) is 3.25. The van der Waals surface area contributed by atoms with Crippen LogP contribution in [0.25, 0.3) is 10.9 Å². The van der Waals surface area contributed by atoms with Crippen molar-refractivity contribution < 1.29 is 5.21 Å². The average molecular weight is 207 g/mol. The van der Waals surface area contributed by atoms with Gasteiger partial charge in [-0.2, -0.15) is 0 Å². The van der Waals surface area contributed by atoms with Crippen LogP contribution in [0.3, 0.4) is 0 Å². The Labute approximate surface area is 85.6 Å². The van der Waals surface area contributed by atoms with Gasteiger partial charge in [-0.1, -0.05) is 22.8 Å². The van der Waals surface area contributed by atoms with Crippen molar-refractivity contribution in [3.05, 3.63) is 41.0 Å². The van der Waals surface area contributed by atoms with Gasteiger partial charge in [0.05, 0.1) is 11.7 Å². The molecule has 2 rings (SSSR count). The molecule has 1 N–H and O–H groups in total. The van der Waals surface area contributed by atoms with Gasteiger partial charge in [0.25, 0.3) is 0 Å². The fourth-order valence-electron chi connectivity index (χ4n) is 1.34. The molecule has 0 aliphatic carbocycles. The molecular weight excluding hydrogens is 200 g/mol. The molecule has 3 nitrogen and oxygen atoms in total. The smallest absolute Gasteiger partial charge is 0.0792 e. The van der Waals surface area contributed by atoms with E-state index < -0.39 is 0 Å². The zero-order valence-corrected chi connectivity index (χ0v) is 7.94. The van der Waals surface area contributed by atoms with Gasteiger partial charge in [0.1, 0.15) is 0 Å². The van der Waals surface area contributed by atoms with Crippen LogP contribution in [0.2, 0.25) is 5.02 Å². The highest BCUT2D eigenvalue weighted by Gasteiger charge is 2.01. The van der Waals surface area contributed by atoms with Crippen LogP contribution in [0.5, 0.6) is 0 Å². The van der Waals surface area contributed by atoms with Gasteiger partial charge in [-0.05, 0) is 18.2 Å². The van der Waals surface area contributed by atoms with Gasteiger partial charge in [-0.3, -0.25) is 4.98 Å². The second kappa shape index (κ2) is 3.64. The van der Waals surface area contributed by atoms with Gasteiger partial charge in [-0.15, -0.1) is 0 Å².